The Bertz CT molecular complexity index is 1440. The van der Waals surface area contributed by atoms with E-state index in [-0.39, 0.29) is 34.5 Å². The average molecular weight is 581 g/mol. The Morgan fingerprint density at radius 3 is 2.39 bits per heavy atom. The van der Waals surface area contributed by atoms with Crippen molar-refractivity contribution in [3.8, 4) is 5.82 Å². The van der Waals surface area contributed by atoms with Gasteiger partial charge < -0.3 is 10.1 Å². The number of allylic oxidation sites excluding steroid dienone is 1. The third kappa shape index (κ3) is 6.27. The molecule has 3 aromatic heterocycles. The number of carbonyl (C=O) groups is 1. The molecule has 1 fully saturated rings. The lowest BCUT2D eigenvalue weighted by Crippen LogP contribution is -2.44. The molecule has 1 N–H and O–H groups in total. The van der Waals surface area contributed by atoms with Crippen molar-refractivity contribution in [2.75, 3.05) is 31.6 Å². The molecule has 0 bridgehead atoms. The summed E-state index contributed by atoms with van der Waals surface area (Å²) >= 11 is 0. The van der Waals surface area contributed by atoms with E-state index in [0.717, 1.165) is 42.2 Å². The fourth-order valence-electron chi connectivity index (χ4n) is 5.06. The van der Waals surface area contributed by atoms with E-state index in [0.29, 0.717) is 44.2 Å². The zero-order chi connectivity index (χ0) is 29.4. The van der Waals surface area contributed by atoms with Crippen LogP contribution in [0, 0.1) is 6.92 Å². The van der Waals surface area contributed by atoms with Crippen molar-refractivity contribution in [3.05, 3.63) is 70.9 Å². The van der Waals surface area contributed by atoms with Crippen LogP contribution in [0.5, 0.6) is 0 Å². The van der Waals surface area contributed by atoms with Gasteiger partial charge in [-0.25, -0.2) is 9.67 Å². The van der Waals surface area contributed by atoms with Gasteiger partial charge in [0.1, 0.15) is 0 Å². The molecule has 41 heavy (non-hydrogen) atoms. The molecule has 218 valence electrons. The van der Waals surface area contributed by atoms with Crippen molar-refractivity contribution in [1.29, 1.82) is 0 Å². The zero-order valence-electron chi connectivity index (χ0n) is 21.9. The number of carbonyl (C=O) groups excluding carboxylic acids is 1. The summed E-state index contributed by atoms with van der Waals surface area (Å²) in [6.07, 6.45) is -2.71. The van der Waals surface area contributed by atoms with Gasteiger partial charge in [-0.1, -0.05) is 6.08 Å². The lowest BCUT2D eigenvalue weighted by Gasteiger charge is -2.36. The minimum Gasteiger partial charge on any atom is -0.379 e. The van der Waals surface area contributed by atoms with Gasteiger partial charge in [-0.05, 0) is 50.0 Å². The Hall–Kier alpha value is -3.78. The number of anilines is 1. The lowest BCUT2D eigenvalue weighted by molar-refractivity contribution is -0.138. The monoisotopic (exact) mass is 580 g/mol. The molecule has 1 aliphatic heterocycles. The fraction of sp³-hybridized carbons (Fsp3) is 0.407. The largest absolute Gasteiger partial charge is 0.418 e. The van der Waals surface area contributed by atoms with Gasteiger partial charge in [-0.3, -0.25) is 14.7 Å². The molecular formula is C27H26F6N6O2. The molecule has 0 radical (unpaired) electrons. The molecule has 1 saturated heterocycles. The molecule has 5 rings (SSSR count). The summed E-state index contributed by atoms with van der Waals surface area (Å²) in [7, 11) is 0. The maximum atomic E-state index is 14.1. The minimum atomic E-state index is -4.71. The molecule has 0 aromatic carbocycles. The number of hydrogen-bond donors (Lipinski definition) is 1. The number of nitrogens with one attached hydrogen (secondary N) is 1. The second-order valence-corrected chi connectivity index (χ2v) is 9.84. The molecular weight excluding hydrogens is 554 g/mol. The van der Waals surface area contributed by atoms with E-state index in [4.69, 9.17) is 4.74 Å². The summed E-state index contributed by atoms with van der Waals surface area (Å²) in [5.74, 6) is -0.717. The molecule has 3 aromatic rings. The highest BCUT2D eigenvalue weighted by atomic mass is 19.4. The number of rotatable bonds is 5. The van der Waals surface area contributed by atoms with Gasteiger partial charge in [-0.15, -0.1) is 0 Å². The lowest BCUT2D eigenvalue weighted by atomic mass is 9.90. The summed E-state index contributed by atoms with van der Waals surface area (Å²) in [5, 5.41) is 6.43. The van der Waals surface area contributed by atoms with Crippen molar-refractivity contribution in [1.82, 2.24) is 24.6 Å². The van der Waals surface area contributed by atoms with Gasteiger partial charge in [0.2, 0.25) is 0 Å². The van der Waals surface area contributed by atoms with Crippen molar-refractivity contribution in [2.24, 2.45) is 0 Å². The number of alkyl halides is 6. The number of hydrogen-bond acceptors (Lipinski definition) is 6. The Labute approximate surface area is 231 Å². The van der Waals surface area contributed by atoms with Gasteiger partial charge in [-0.2, -0.15) is 31.4 Å². The summed E-state index contributed by atoms with van der Waals surface area (Å²) in [6.45, 7) is 4.38. The van der Waals surface area contributed by atoms with Crippen LogP contribution in [-0.2, 0) is 17.1 Å². The molecule has 1 atom stereocenters. The number of ether oxygens (including phenoxy) is 1. The first-order valence-corrected chi connectivity index (χ1v) is 12.9. The summed E-state index contributed by atoms with van der Waals surface area (Å²) < 4.78 is 87.3. The number of aromatic nitrogens is 4. The van der Waals surface area contributed by atoms with E-state index < -0.39 is 29.4 Å². The highest BCUT2D eigenvalue weighted by Gasteiger charge is 2.36. The molecule has 4 heterocycles. The van der Waals surface area contributed by atoms with E-state index in [2.05, 4.69) is 25.3 Å². The Morgan fingerprint density at radius 1 is 1.02 bits per heavy atom. The van der Waals surface area contributed by atoms with Crippen LogP contribution in [0.3, 0.4) is 0 Å². The maximum Gasteiger partial charge on any atom is 0.418 e. The second-order valence-electron chi connectivity index (χ2n) is 9.84. The second kappa shape index (κ2) is 11.2. The standard InChI is InChI=1S/C27H26F6N6O2/c1-16-21(15-36-39(16)23-7-4-18(13-34-23)26(28,29)30)25(40)37-19-12-22(27(31,32)33)24(35-14-19)17-2-5-20(6-3-17)38-8-10-41-11-9-38/h2,4,7,12-15,20H,3,5-6,8-11H2,1H3,(H,37,40). The van der Waals surface area contributed by atoms with Crippen LogP contribution in [0.15, 0.2) is 42.9 Å². The molecule has 0 spiro atoms. The van der Waals surface area contributed by atoms with Crippen molar-refractivity contribution < 1.29 is 35.9 Å². The van der Waals surface area contributed by atoms with Crippen molar-refractivity contribution in [3.63, 3.8) is 0 Å². The molecule has 1 amide bonds. The van der Waals surface area contributed by atoms with Crippen LogP contribution in [0.4, 0.5) is 32.0 Å². The number of nitrogens with zero attached hydrogens (tertiary/aromatic N) is 5. The van der Waals surface area contributed by atoms with Gasteiger partial charge in [0.25, 0.3) is 5.91 Å². The Kier molecular flexibility index (Phi) is 7.88. The number of morpholine rings is 1. The first-order valence-electron chi connectivity index (χ1n) is 12.9. The predicted molar refractivity (Wildman–Crippen MR) is 136 cm³/mol. The molecule has 14 heteroatoms. The van der Waals surface area contributed by atoms with E-state index in [1.54, 1.807) is 0 Å². The van der Waals surface area contributed by atoms with Gasteiger partial charge in [0.05, 0.1) is 59.4 Å². The van der Waals surface area contributed by atoms with Gasteiger partial charge in [0, 0.05) is 25.3 Å². The van der Waals surface area contributed by atoms with Crippen LogP contribution in [0.1, 0.15) is 52.1 Å². The quantitative estimate of drug-likeness (QED) is 0.400. The van der Waals surface area contributed by atoms with E-state index in [1.807, 2.05) is 6.08 Å². The number of halogens is 6. The summed E-state index contributed by atoms with van der Waals surface area (Å²) in [4.78, 5) is 23.1. The highest BCUT2D eigenvalue weighted by molar-refractivity contribution is 6.05. The molecule has 1 unspecified atom stereocenters. The molecule has 1 aliphatic carbocycles. The van der Waals surface area contributed by atoms with Crippen LogP contribution in [0.2, 0.25) is 0 Å². The zero-order valence-corrected chi connectivity index (χ0v) is 21.9. The van der Waals surface area contributed by atoms with Crippen LogP contribution in [0.25, 0.3) is 11.4 Å². The Morgan fingerprint density at radius 2 is 1.78 bits per heavy atom. The first kappa shape index (κ1) is 28.7. The molecule has 8 nitrogen and oxygen atoms in total. The molecule has 0 saturated carbocycles. The predicted octanol–water partition coefficient (Wildman–Crippen LogP) is 5.53. The summed E-state index contributed by atoms with van der Waals surface area (Å²) in [5.41, 5.74) is -1.46. The molecule has 2 aliphatic rings. The highest BCUT2D eigenvalue weighted by Crippen LogP contribution is 2.39. The van der Waals surface area contributed by atoms with Gasteiger partial charge >= 0.3 is 12.4 Å². The average Bonchev–Trinajstić information content (AvgIpc) is 3.34. The van der Waals surface area contributed by atoms with E-state index in [1.165, 1.54) is 13.1 Å². The fourth-order valence-corrected chi connectivity index (χ4v) is 5.06. The van der Waals surface area contributed by atoms with E-state index >= 15 is 0 Å². The normalized spacial score (nSPS) is 18.7. The minimum absolute atomic E-state index is 0.00785. The van der Waals surface area contributed by atoms with Crippen LogP contribution < -0.4 is 5.32 Å². The SMILES string of the molecule is Cc1c(C(=O)Nc2cnc(C3=CCC(N4CCOCC4)CC3)c(C(F)(F)F)c2)cnn1-c1ccc(C(F)(F)F)cn1. The third-order valence-corrected chi connectivity index (χ3v) is 7.25. The number of pyridine rings is 2. The van der Waals surface area contributed by atoms with Crippen LogP contribution >= 0.6 is 0 Å². The van der Waals surface area contributed by atoms with E-state index in [9.17, 15) is 31.1 Å². The van der Waals surface area contributed by atoms with Crippen molar-refractivity contribution >= 4 is 17.2 Å². The Balaban J connectivity index is 1.33. The smallest absolute Gasteiger partial charge is 0.379 e. The van der Waals surface area contributed by atoms with Gasteiger partial charge in [0.15, 0.2) is 5.82 Å². The third-order valence-electron chi connectivity index (χ3n) is 7.25. The number of amides is 1. The van der Waals surface area contributed by atoms with Crippen molar-refractivity contribution in [2.45, 2.75) is 44.6 Å². The first-order chi connectivity index (χ1) is 19.4. The topological polar surface area (TPSA) is 85.2 Å². The van der Waals surface area contributed by atoms with Crippen LogP contribution in [-0.4, -0.2) is 62.9 Å². The maximum absolute atomic E-state index is 14.1. The summed E-state index contributed by atoms with van der Waals surface area (Å²) in [6, 6.07) is 3.04.